The highest BCUT2D eigenvalue weighted by Crippen LogP contribution is 2.17. The average Bonchev–Trinajstić information content (AvgIpc) is 2.49. The van der Waals surface area contributed by atoms with E-state index in [1.165, 1.54) is 11.8 Å². The fourth-order valence-corrected chi connectivity index (χ4v) is 2.52. The maximum atomic E-state index is 12.2. The monoisotopic (exact) mass is 318 g/mol. The Morgan fingerprint density at radius 2 is 2.14 bits per heavy atom. The van der Waals surface area contributed by atoms with Crippen LogP contribution in [0.15, 0.2) is 34.2 Å². The quantitative estimate of drug-likeness (QED) is 0.655. The van der Waals surface area contributed by atoms with E-state index in [0.29, 0.717) is 29.7 Å². The van der Waals surface area contributed by atoms with Gasteiger partial charge < -0.3 is 9.72 Å². The first-order chi connectivity index (χ1) is 10.5. The van der Waals surface area contributed by atoms with E-state index in [-0.39, 0.29) is 5.56 Å². The predicted molar refractivity (Wildman–Crippen MR) is 91.0 cm³/mol. The van der Waals surface area contributed by atoms with Crippen molar-refractivity contribution in [2.75, 3.05) is 12.9 Å². The summed E-state index contributed by atoms with van der Waals surface area (Å²) in [6.45, 7) is 6.80. The molecule has 0 atom stereocenters. The molecule has 2 aromatic rings. The molecule has 0 unspecified atom stereocenters. The standard InChI is InChI=1S/C17H22N2O2S/c1-11(2)10-21-14-7-5-6-13(8-14)9-15-12(3)18-17(22-4)19-16(15)20/h5-8,11H,9-10H2,1-4H3,(H,18,19,20). The fourth-order valence-electron chi connectivity index (χ4n) is 2.10. The molecule has 0 radical (unpaired) electrons. The van der Waals surface area contributed by atoms with Crippen LogP contribution in [-0.2, 0) is 6.42 Å². The number of hydrogen-bond donors (Lipinski definition) is 1. The summed E-state index contributed by atoms with van der Waals surface area (Å²) in [4.78, 5) is 19.4. The molecule has 1 heterocycles. The summed E-state index contributed by atoms with van der Waals surface area (Å²) in [5.74, 6) is 1.33. The number of nitrogens with zero attached hydrogens (tertiary/aromatic N) is 1. The Morgan fingerprint density at radius 3 is 2.77 bits per heavy atom. The topological polar surface area (TPSA) is 55.0 Å². The van der Waals surface area contributed by atoms with E-state index in [0.717, 1.165) is 17.0 Å². The maximum Gasteiger partial charge on any atom is 0.255 e. The second kappa shape index (κ2) is 7.49. The average molecular weight is 318 g/mol. The number of aromatic amines is 1. The van der Waals surface area contributed by atoms with Gasteiger partial charge in [-0.3, -0.25) is 4.79 Å². The van der Waals surface area contributed by atoms with E-state index in [1.54, 1.807) is 0 Å². The van der Waals surface area contributed by atoms with Crippen LogP contribution in [-0.4, -0.2) is 22.8 Å². The summed E-state index contributed by atoms with van der Waals surface area (Å²) in [5.41, 5.74) is 2.47. The normalized spacial score (nSPS) is 11.0. The number of hydrogen-bond acceptors (Lipinski definition) is 4. The molecule has 1 aromatic carbocycles. The van der Waals surface area contributed by atoms with E-state index in [2.05, 4.69) is 23.8 Å². The first-order valence-electron chi connectivity index (χ1n) is 7.35. The first-order valence-corrected chi connectivity index (χ1v) is 8.57. The van der Waals surface area contributed by atoms with Crippen molar-refractivity contribution in [2.45, 2.75) is 32.3 Å². The zero-order valence-electron chi connectivity index (χ0n) is 13.5. The molecule has 4 nitrogen and oxygen atoms in total. The molecule has 1 N–H and O–H groups in total. The van der Waals surface area contributed by atoms with Crippen LogP contribution in [0.2, 0.25) is 0 Å². The molecule has 0 aliphatic rings. The van der Waals surface area contributed by atoms with Crippen molar-refractivity contribution < 1.29 is 4.74 Å². The maximum absolute atomic E-state index is 12.2. The van der Waals surface area contributed by atoms with Gasteiger partial charge in [-0.05, 0) is 36.8 Å². The van der Waals surface area contributed by atoms with Gasteiger partial charge in [-0.1, -0.05) is 37.7 Å². The highest BCUT2D eigenvalue weighted by Gasteiger charge is 2.09. The van der Waals surface area contributed by atoms with Crippen molar-refractivity contribution in [1.29, 1.82) is 0 Å². The minimum absolute atomic E-state index is 0.0645. The smallest absolute Gasteiger partial charge is 0.255 e. The second-order valence-electron chi connectivity index (χ2n) is 5.67. The van der Waals surface area contributed by atoms with Crippen molar-refractivity contribution in [2.24, 2.45) is 5.92 Å². The third-order valence-electron chi connectivity index (χ3n) is 3.26. The molecule has 0 aliphatic carbocycles. The van der Waals surface area contributed by atoms with Gasteiger partial charge in [-0.2, -0.15) is 0 Å². The number of ether oxygens (including phenoxy) is 1. The molecule has 0 amide bonds. The minimum atomic E-state index is -0.0645. The minimum Gasteiger partial charge on any atom is -0.493 e. The number of rotatable bonds is 6. The number of aryl methyl sites for hydroxylation is 1. The number of benzene rings is 1. The van der Waals surface area contributed by atoms with Crippen LogP contribution in [0.5, 0.6) is 5.75 Å². The molecule has 0 fully saturated rings. The molecule has 0 spiro atoms. The summed E-state index contributed by atoms with van der Waals surface area (Å²) in [7, 11) is 0. The van der Waals surface area contributed by atoms with Gasteiger partial charge in [0.1, 0.15) is 5.75 Å². The van der Waals surface area contributed by atoms with Gasteiger partial charge in [0.05, 0.1) is 6.61 Å². The molecule has 5 heteroatoms. The third kappa shape index (κ3) is 4.37. The number of nitrogens with one attached hydrogen (secondary N) is 1. The van der Waals surface area contributed by atoms with Crippen molar-refractivity contribution in [3.63, 3.8) is 0 Å². The lowest BCUT2D eigenvalue weighted by Gasteiger charge is -2.10. The Morgan fingerprint density at radius 1 is 1.36 bits per heavy atom. The number of H-pyrrole nitrogens is 1. The molecule has 2 rings (SSSR count). The Hall–Kier alpha value is -1.75. The number of aromatic nitrogens is 2. The van der Waals surface area contributed by atoms with E-state index in [1.807, 2.05) is 37.4 Å². The second-order valence-corrected chi connectivity index (χ2v) is 6.46. The molecule has 0 saturated heterocycles. The highest BCUT2D eigenvalue weighted by molar-refractivity contribution is 7.98. The lowest BCUT2D eigenvalue weighted by molar-refractivity contribution is 0.271. The molecule has 118 valence electrons. The van der Waals surface area contributed by atoms with Crippen molar-refractivity contribution in [1.82, 2.24) is 9.97 Å². The Labute approximate surface area is 135 Å². The summed E-state index contributed by atoms with van der Waals surface area (Å²) in [5, 5.41) is 0.653. The molecule has 1 aromatic heterocycles. The molecular weight excluding hydrogens is 296 g/mol. The molecular formula is C17H22N2O2S. The van der Waals surface area contributed by atoms with Crippen LogP contribution in [0.1, 0.15) is 30.7 Å². The van der Waals surface area contributed by atoms with E-state index >= 15 is 0 Å². The van der Waals surface area contributed by atoms with Gasteiger partial charge in [0.25, 0.3) is 5.56 Å². The van der Waals surface area contributed by atoms with Gasteiger partial charge in [-0.15, -0.1) is 0 Å². The van der Waals surface area contributed by atoms with Crippen LogP contribution < -0.4 is 10.3 Å². The zero-order chi connectivity index (χ0) is 16.1. The van der Waals surface area contributed by atoms with Gasteiger partial charge in [0.15, 0.2) is 5.16 Å². The van der Waals surface area contributed by atoms with Gasteiger partial charge >= 0.3 is 0 Å². The van der Waals surface area contributed by atoms with Crippen molar-refractivity contribution in [3.8, 4) is 5.75 Å². The molecule has 22 heavy (non-hydrogen) atoms. The van der Waals surface area contributed by atoms with Gasteiger partial charge in [-0.25, -0.2) is 4.98 Å². The van der Waals surface area contributed by atoms with Crippen LogP contribution >= 0.6 is 11.8 Å². The lowest BCUT2D eigenvalue weighted by atomic mass is 10.0. The summed E-state index contributed by atoms with van der Waals surface area (Å²) < 4.78 is 5.74. The van der Waals surface area contributed by atoms with Gasteiger partial charge in [0, 0.05) is 17.7 Å². The van der Waals surface area contributed by atoms with Crippen LogP contribution in [0, 0.1) is 12.8 Å². The van der Waals surface area contributed by atoms with Crippen molar-refractivity contribution >= 4 is 11.8 Å². The van der Waals surface area contributed by atoms with E-state index < -0.39 is 0 Å². The first kappa shape index (κ1) is 16.6. The summed E-state index contributed by atoms with van der Waals surface area (Å²) >= 11 is 1.44. The SMILES string of the molecule is CSc1nc(C)c(Cc2cccc(OCC(C)C)c2)c(=O)[nH]1. The third-order valence-corrected chi connectivity index (χ3v) is 3.84. The highest BCUT2D eigenvalue weighted by atomic mass is 32.2. The Bertz CT molecular complexity index is 695. The molecule has 0 aliphatic heterocycles. The predicted octanol–water partition coefficient (Wildman–Crippen LogP) is 3.43. The molecule has 0 saturated carbocycles. The van der Waals surface area contributed by atoms with E-state index in [9.17, 15) is 4.79 Å². The summed E-state index contributed by atoms with van der Waals surface area (Å²) in [6, 6.07) is 7.89. The van der Waals surface area contributed by atoms with Crippen LogP contribution in [0.3, 0.4) is 0 Å². The lowest BCUT2D eigenvalue weighted by Crippen LogP contribution is -2.17. The fraction of sp³-hybridized carbons (Fsp3) is 0.412. The van der Waals surface area contributed by atoms with Gasteiger partial charge in [0.2, 0.25) is 0 Å². The Kier molecular flexibility index (Phi) is 5.66. The van der Waals surface area contributed by atoms with E-state index in [4.69, 9.17) is 4.74 Å². The Balaban J connectivity index is 2.21. The van der Waals surface area contributed by atoms with Crippen LogP contribution in [0.25, 0.3) is 0 Å². The largest absolute Gasteiger partial charge is 0.493 e. The summed E-state index contributed by atoms with van der Waals surface area (Å²) in [6.07, 6.45) is 2.45. The van der Waals surface area contributed by atoms with Crippen molar-refractivity contribution in [3.05, 3.63) is 51.4 Å². The zero-order valence-corrected chi connectivity index (χ0v) is 14.3. The number of thioether (sulfide) groups is 1. The molecule has 0 bridgehead atoms. The van der Waals surface area contributed by atoms with Crippen LogP contribution in [0.4, 0.5) is 0 Å².